The van der Waals surface area contributed by atoms with Crippen molar-refractivity contribution in [3.05, 3.63) is 51.3 Å². The Bertz CT molecular complexity index is 634. The highest BCUT2D eigenvalue weighted by atomic mass is 35.5. The van der Waals surface area contributed by atoms with E-state index in [1.54, 1.807) is 0 Å². The monoisotopic (exact) mass is 306 g/mol. The molecule has 1 unspecified atom stereocenters. The molecule has 1 aromatic carbocycles. The van der Waals surface area contributed by atoms with Gasteiger partial charge in [-0.25, -0.2) is 0 Å². The summed E-state index contributed by atoms with van der Waals surface area (Å²) in [5.74, 6) is 0. The van der Waals surface area contributed by atoms with Crippen LogP contribution in [0.15, 0.2) is 18.2 Å². The van der Waals surface area contributed by atoms with Crippen LogP contribution in [0.1, 0.15) is 48.0 Å². The fourth-order valence-corrected chi connectivity index (χ4v) is 3.05. The minimum atomic E-state index is -0.560. The average Bonchev–Trinajstić information content (AvgIpc) is 2.75. The molecule has 0 radical (unpaired) electrons. The summed E-state index contributed by atoms with van der Waals surface area (Å²) < 4.78 is 1.90. The molecule has 4 heteroatoms. The fourth-order valence-electron chi connectivity index (χ4n) is 2.70. The van der Waals surface area contributed by atoms with Crippen molar-refractivity contribution in [2.45, 2.75) is 53.2 Å². The van der Waals surface area contributed by atoms with Crippen LogP contribution in [0.2, 0.25) is 5.02 Å². The zero-order valence-corrected chi connectivity index (χ0v) is 13.9. The Labute approximate surface area is 131 Å². The van der Waals surface area contributed by atoms with Crippen LogP contribution in [0.25, 0.3) is 0 Å². The highest BCUT2D eigenvalue weighted by molar-refractivity contribution is 6.31. The first kappa shape index (κ1) is 16.1. The third-order valence-electron chi connectivity index (χ3n) is 3.87. The van der Waals surface area contributed by atoms with Crippen LogP contribution in [0.3, 0.4) is 0 Å². The van der Waals surface area contributed by atoms with Crippen molar-refractivity contribution in [3.63, 3.8) is 0 Å². The van der Waals surface area contributed by atoms with Gasteiger partial charge in [0.15, 0.2) is 0 Å². The third-order valence-corrected chi connectivity index (χ3v) is 4.30. The Kier molecular flexibility index (Phi) is 5.07. The van der Waals surface area contributed by atoms with Crippen LogP contribution < -0.4 is 0 Å². The van der Waals surface area contributed by atoms with E-state index in [4.69, 9.17) is 11.6 Å². The first-order valence-corrected chi connectivity index (χ1v) is 7.84. The molecule has 3 nitrogen and oxygen atoms in total. The molecule has 1 atom stereocenters. The maximum Gasteiger partial charge on any atom is 0.0851 e. The first-order chi connectivity index (χ1) is 9.97. The van der Waals surface area contributed by atoms with E-state index >= 15 is 0 Å². The summed E-state index contributed by atoms with van der Waals surface area (Å²) >= 11 is 6.41. The molecular weight excluding hydrogens is 284 g/mol. The third kappa shape index (κ3) is 3.30. The number of benzene rings is 1. The highest BCUT2D eigenvalue weighted by Gasteiger charge is 2.19. The minimum absolute atomic E-state index is 0.490. The summed E-state index contributed by atoms with van der Waals surface area (Å²) in [6.07, 6.45) is 0.733. The molecule has 1 aromatic heterocycles. The number of rotatable bonds is 5. The van der Waals surface area contributed by atoms with Crippen LogP contribution in [-0.4, -0.2) is 14.9 Å². The smallest absolute Gasteiger partial charge is 0.0851 e. The van der Waals surface area contributed by atoms with Crippen LogP contribution in [-0.2, 0) is 19.4 Å². The van der Waals surface area contributed by atoms with Gasteiger partial charge in [0.05, 0.1) is 22.5 Å². The van der Waals surface area contributed by atoms with Crippen molar-refractivity contribution >= 4 is 11.6 Å². The second-order valence-electron chi connectivity index (χ2n) is 5.46. The lowest BCUT2D eigenvalue weighted by atomic mass is 9.98. The molecule has 0 saturated carbocycles. The SMILES string of the molecule is CCc1nn(CC)c(CC(O)c2ccc(C)cc2C)c1Cl. The molecule has 1 heterocycles. The largest absolute Gasteiger partial charge is 0.388 e. The fraction of sp³-hybridized carbons (Fsp3) is 0.471. The van der Waals surface area contributed by atoms with E-state index < -0.39 is 6.10 Å². The Balaban J connectivity index is 2.31. The normalized spacial score (nSPS) is 12.7. The standard InChI is InChI=1S/C17H23ClN2O/c1-5-14-17(18)15(20(6-2)19-14)10-16(21)13-8-7-11(3)9-12(13)4/h7-9,16,21H,5-6,10H2,1-4H3. The van der Waals surface area contributed by atoms with Gasteiger partial charge in [0, 0.05) is 13.0 Å². The predicted octanol–water partition coefficient (Wildman–Crippen LogP) is 4.01. The molecule has 0 aliphatic heterocycles. The number of hydrogen-bond donors (Lipinski definition) is 1. The van der Waals surface area contributed by atoms with Crippen molar-refractivity contribution in [1.82, 2.24) is 9.78 Å². The summed E-state index contributed by atoms with van der Waals surface area (Å²) in [4.78, 5) is 0. The molecule has 0 bridgehead atoms. The van der Waals surface area contributed by atoms with Crippen molar-refractivity contribution in [2.75, 3.05) is 0 Å². The van der Waals surface area contributed by atoms with E-state index in [0.29, 0.717) is 11.4 Å². The maximum atomic E-state index is 10.6. The number of aliphatic hydroxyl groups excluding tert-OH is 1. The van der Waals surface area contributed by atoms with Gasteiger partial charge in [0.2, 0.25) is 0 Å². The van der Waals surface area contributed by atoms with E-state index in [1.165, 1.54) is 5.56 Å². The number of aliphatic hydroxyl groups is 1. The predicted molar refractivity (Wildman–Crippen MR) is 86.9 cm³/mol. The molecule has 1 N–H and O–H groups in total. The van der Waals surface area contributed by atoms with E-state index in [-0.39, 0.29) is 0 Å². The number of halogens is 1. The zero-order chi connectivity index (χ0) is 15.6. The second-order valence-corrected chi connectivity index (χ2v) is 5.83. The van der Waals surface area contributed by atoms with Gasteiger partial charge >= 0.3 is 0 Å². The van der Waals surface area contributed by atoms with Crippen LogP contribution in [0.5, 0.6) is 0 Å². The van der Waals surface area contributed by atoms with E-state index in [2.05, 4.69) is 18.1 Å². The number of aromatic nitrogens is 2. The lowest BCUT2D eigenvalue weighted by molar-refractivity contribution is 0.174. The van der Waals surface area contributed by atoms with Gasteiger partial charge in [0.1, 0.15) is 0 Å². The van der Waals surface area contributed by atoms with Gasteiger partial charge in [-0.15, -0.1) is 0 Å². The van der Waals surface area contributed by atoms with Gasteiger partial charge in [-0.2, -0.15) is 5.10 Å². The molecule has 21 heavy (non-hydrogen) atoms. The summed E-state index contributed by atoms with van der Waals surface area (Å²) in [7, 11) is 0. The number of nitrogens with zero attached hydrogens (tertiary/aromatic N) is 2. The van der Waals surface area contributed by atoms with E-state index in [9.17, 15) is 5.11 Å². The van der Waals surface area contributed by atoms with Gasteiger partial charge in [-0.05, 0) is 38.3 Å². The topological polar surface area (TPSA) is 38.0 Å². The molecule has 2 rings (SSSR count). The Hall–Kier alpha value is -1.32. The first-order valence-electron chi connectivity index (χ1n) is 7.47. The molecule has 0 saturated heterocycles. The Morgan fingerprint density at radius 2 is 2.00 bits per heavy atom. The number of hydrogen-bond acceptors (Lipinski definition) is 2. The lowest BCUT2D eigenvalue weighted by Crippen LogP contribution is -2.10. The highest BCUT2D eigenvalue weighted by Crippen LogP contribution is 2.28. The second kappa shape index (κ2) is 6.63. The minimum Gasteiger partial charge on any atom is -0.388 e. The molecule has 0 amide bonds. The molecule has 114 valence electrons. The zero-order valence-electron chi connectivity index (χ0n) is 13.2. The number of aryl methyl sites for hydroxylation is 4. The van der Waals surface area contributed by atoms with Crippen LogP contribution >= 0.6 is 11.6 Å². The molecule has 2 aromatic rings. The lowest BCUT2D eigenvalue weighted by Gasteiger charge is -2.15. The van der Waals surface area contributed by atoms with E-state index in [0.717, 1.165) is 35.5 Å². The Morgan fingerprint density at radius 1 is 1.29 bits per heavy atom. The molecular formula is C17H23ClN2O. The summed E-state index contributed by atoms with van der Waals surface area (Å²) in [6.45, 7) is 8.92. The molecule has 0 aliphatic rings. The molecule has 0 aliphatic carbocycles. The van der Waals surface area contributed by atoms with Gasteiger partial charge in [0.25, 0.3) is 0 Å². The van der Waals surface area contributed by atoms with Crippen molar-refractivity contribution < 1.29 is 5.11 Å². The summed E-state index contributed by atoms with van der Waals surface area (Å²) in [5, 5.41) is 15.8. The van der Waals surface area contributed by atoms with Crippen molar-refractivity contribution in [1.29, 1.82) is 0 Å². The molecule has 0 spiro atoms. The van der Waals surface area contributed by atoms with E-state index in [1.807, 2.05) is 37.6 Å². The van der Waals surface area contributed by atoms with Gasteiger partial charge in [-0.3, -0.25) is 4.68 Å². The van der Waals surface area contributed by atoms with Crippen LogP contribution in [0.4, 0.5) is 0 Å². The Morgan fingerprint density at radius 3 is 2.57 bits per heavy atom. The van der Waals surface area contributed by atoms with Crippen LogP contribution in [0, 0.1) is 13.8 Å². The summed E-state index contributed by atoms with van der Waals surface area (Å²) in [5.41, 5.74) is 5.09. The maximum absolute atomic E-state index is 10.6. The van der Waals surface area contributed by atoms with Crippen molar-refractivity contribution in [2.24, 2.45) is 0 Å². The quantitative estimate of drug-likeness (QED) is 0.906. The molecule has 0 fully saturated rings. The average molecular weight is 307 g/mol. The summed E-state index contributed by atoms with van der Waals surface area (Å²) in [6, 6.07) is 6.12. The van der Waals surface area contributed by atoms with Crippen molar-refractivity contribution in [3.8, 4) is 0 Å². The van der Waals surface area contributed by atoms with Gasteiger partial charge in [-0.1, -0.05) is 42.3 Å². The van der Waals surface area contributed by atoms with Gasteiger partial charge < -0.3 is 5.11 Å².